The molecule has 14 heteroatoms. The van der Waals surface area contributed by atoms with Gasteiger partial charge in [-0.25, -0.2) is 14.8 Å². The summed E-state index contributed by atoms with van der Waals surface area (Å²) in [6.07, 6.45) is 2.13. The van der Waals surface area contributed by atoms with Crippen molar-refractivity contribution in [2.45, 2.75) is 43.0 Å². The van der Waals surface area contributed by atoms with Crippen molar-refractivity contribution in [1.29, 1.82) is 10.5 Å². The summed E-state index contributed by atoms with van der Waals surface area (Å²) < 4.78 is 11.0. The van der Waals surface area contributed by atoms with Crippen molar-refractivity contribution >= 4 is 52.4 Å². The molecule has 0 bridgehead atoms. The van der Waals surface area contributed by atoms with Crippen molar-refractivity contribution in [3.05, 3.63) is 75.8 Å². The van der Waals surface area contributed by atoms with Crippen LogP contribution in [0.1, 0.15) is 43.0 Å². The van der Waals surface area contributed by atoms with Gasteiger partial charge in [-0.1, -0.05) is 47.6 Å². The molecule has 5 rings (SSSR count). The Balaban J connectivity index is 1.32. The van der Waals surface area contributed by atoms with Gasteiger partial charge in [0.25, 0.3) is 0 Å². The van der Waals surface area contributed by atoms with Crippen LogP contribution in [0.4, 0.5) is 5.82 Å². The van der Waals surface area contributed by atoms with E-state index in [2.05, 4.69) is 22.4 Å². The van der Waals surface area contributed by atoms with Crippen LogP contribution in [-0.2, 0) is 20.1 Å². The lowest BCUT2D eigenvalue weighted by molar-refractivity contribution is -0.148. The fraction of sp³-hybridized carbons (Fsp3) is 0.314. The average molecular weight is 716 g/mol. The number of halogens is 1. The van der Waals surface area contributed by atoms with E-state index in [0.717, 1.165) is 42.2 Å². The van der Waals surface area contributed by atoms with Crippen molar-refractivity contribution in [2.75, 3.05) is 37.7 Å². The molecule has 3 N–H and O–H groups in total. The summed E-state index contributed by atoms with van der Waals surface area (Å²) >= 11 is 9.01. The Hall–Kier alpha value is -4.66. The third kappa shape index (κ3) is 9.08. The smallest absolute Gasteiger partial charge is 0.328 e. The van der Waals surface area contributed by atoms with E-state index in [0.29, 0.717) is 49.6 Å². The number of nitriles is 2. The summed E-state index contributed by atoms with van der Waals surface area (Å²) in [6, 6.07) is 18.5. The van der Waals surface area contributed by atoms with E-state index in [1.807, 2.05) is 29.6 Å². The molecule has 4 aromatic rings. The number of anilines is 1. The summed E-state index contributed by atoms with van der Waals surface area (Å²) in [5.74, 6) is 0.691. The molecule has 1 aliphatic rings. The third-order valence-electron chi connectivity index (χ3n) is 7.62. The van der Waals surface area contributed by atoms with E-state index in [9.17, 15) is 20.1 Å². The Morgan fingerprint density at radius 2 is 1.73 bits per heavy atom. The maximum Gasteiger partial charge on any atom is 0.328 e. The van der Waals surface area contributed by atoms with Crippen LogP contribution in [0.3, 0.4) is 0 Å². The molecule has 252 valence electrons. The topological polar surface area (TPSA) is 167 Å². The number of aromatic nitrogens is 2. The Labute approximate surface area is 298 Å². The van der Waals surface area contributed by atoms with Gasteiger partial charge < -0.3 is 25.4 Å². The Morgan fingerprint density at radius 1 is 1.04 bits per heavy atom. The number of carbonyl (C=O) groups excluding carboxylic acids is 2. The molecule has 0 saturated carbocycles. The minimum atomic E-state index is -0.802. The molecule has 1 amide bonds. The minimum absolute atomic E-state index is 0.0147. The van der Waals surface area contributed by atoms with Gasteiger partial charge in [-0.2, -0.15) is 10.5 Å². The first-order chi connectivity index (χ1) is 23.8. The summed E-state index contributed by atoms with van der Waals surface area (Å²) in [5.41, 5.74) is 9.08. The number of thiazole rings is 1. The molecule has 1 fully saturated rings. The van der Waals surface area contributed by atoms with E-state index in [1.165, 1.54) is 30.0 Å². The lowest BCUT2D eigenvalue weighted by Gasteiger charge is -2.22. The second-order valence-electron chi connectivity index (χ2n) is 11.1. The van der Waals surface area contributed by atoms with Crippen LogP contribution in [0.15, 0.2) is 58.9 Å². The summed E-state index contributed by atoms with van der Waals surface area (Å²) in [4.78, 5) is 35.6. The van der Waals surface area contributed by atoms with Gasteiger partial charge in [0, 0.05) is 53.3 Å². The molecular weight excluding hydrogens is 682 g/mol. The van der Waals surface area contributed by atoms with E-state index in [1.54, 1.807) is 24.3 Å². The van der Waals surface area contributed by atoms with Crippen LogP contribution >= 0.6 is 34.7 Å². The van der Waals surface area contributed by atoms with Gasteiger partial charge in [-0.15, -0.1) is 11.3 Å². The molecule has 1 aliphatic heterocycles. The van der Waals surface area contributed by atoms with Crippen LogP contribution in [-0.4, -0.2) is 60.7 Å². The number of pyridine rings is 1. The van der Waals surface area contributed by atoms with Gasteiger partial charge in [-0.05, 0) is 49.6 Å². The SMILES string of the molecule is CC(NC(=O)CCN)C(=O)OCCOc1ccc(-c2c(C#N)c(SCc3csc(-c4ccc(Cl)cc4)n3)nc(N3CCCC3)c2C#N)cc1. The van der Waals surface area contributed by atoms with Crippen molar-refractivity contribution in [3.8, 4) is 39.6 Å². The van der Waals surface area contributed by atoms with Crippen molar-refractivity contribution < 1.29 is 19.1 Å². The number of hydrogen-bond donors (Lipinski definition) is 2. The number of rotatable bonds is 14. The third-order valence-corrected chi connectivity index (χ3v) is 9.82. The molecule has 1 unspecified atom stereocenters. The standard InChI is InChI=1S/C35H34ClN7O4S2/c1-22(40-30(44)12-13-37)35(45)47-17-16-46-27-10-6-23(7-11-27)31-28(18-38)32(43-14-2-3-15-43)42-34(29(31)19-39)49-21-26-20-48-33(41-26)24-4-8-25(36)9-5-24/h4-11,20,22H,2-3,12-17,21,37H2,1H3,(H,40,44). The van der Waals surface area contributed by atoms with Crippen LogP contribution < -0.4 is 20.7 Å². The average Bonchev–Trinajstić information content (AvgIpc) is 3.82. The fourth-order valence-electron chi connectivity index (χ4n) is 5.20. The molecule has 1 atom stereocenters. The molecule has 0 spiro atoms. The number of nitrogens with two attached hydrogens (primary N) is 1. The number of amides is 1. The Morgan fingerprint density at radius 3 is 2.41 bits per heavy atom. The monoisotopic (exact) mass is 715 g/mol. The maximum atomic E-state index is 12.2. The first-order valence-electron chi connectivity index (χ1n) is 15.7. The fourth-order valence-corrected chi connectivity index (χ4v) is 7.13. The molecule has 11 nitrogen and oxygen atoms in total. The maximum absolute atomic E-state index is 12.2. The highest BCUT2D eigenvalue weighted by molar-refractivity contribution is 7.98. The Kier molecular flexibility index (Phi) is 12.5. The van der Waals surface area contributed by atoms with Gasteiger partial charge >= 0.3 is 5.97 Å². The van der Waals surface area contributed by atoms with Gasteiger partial charge in [0.15, 0.2) is 0 Å². The number of thioether (sulfide) groups is 1. The predicted octanol–water partition coefficient (Wildman–Crippen LogP) is 5.94. The van der Waals surface area contributed by atoms with Crippen molar-refractivity contribution in [2.24, 2.45) is 5.73 Å². The number of esters is 1. The molecule has 49 heavy (non-hydrogen) atoms. The molecule has 0 radical (unpaired) electrons. The summed E-state index contributed by atoms with van der Waals surface area (Å²) in [5, 5.41) is 27.4. The lowest BCUT2D eigenvalue weighted by atomic mass is 9.96. The molecule has 1 saturated heterocycles. The van der Waals surface area contributed by atoms with Gasteiger partial charge in [0.1, 0.15) is 58.6 Å². The van der Waals surface area contributed by atoms with E-state index in [-0.39, 0.29) is 32.1 Å². The predicted molar refractivity (Wildman–Crippen MR) is 190 cm³/mol. The van der Waals surface area contributed by atoms with Gasteiger partial charge in [-0.3, -0.25) is 4.79 Å². The number of ether oxygens (including phenoxy) is 2. The first-order valence-corrected chi connectivity index (χ1v) is 17.9. The van der Waals surface area contributed by atoms with Crippen LogP contribution in [0.25, 0.3) is 21.7 Å². The van der Waals surface area contributed by atoms with Gasteiger partial charge in [0.05, 0.1) is 11.3 Å². The number of hydrogen-bond acceptors (Lipinski definition) is 12. The number of nitrogens with one attached hydrogen (secondary N) is 1. The van der Waals surface area contributed by atoms with Crippen LogP contribution in [0, 0.1) is 22.7 Å². The number of nitrogens with zero attached hydrogens (tertiary/aromatic N) is 5. The normalized spacial score (nSPS) is 13.0. The number of benzene rings is 2. The zero-order valence-corrected chi connectivity index (χ0v) is 29.2. The van der Waals surface area contributed by atoms with Crippen LogP contribution in [0.5, 0.6) is 5.75 Å². The molecule has 2 aromatic carbocycles. The first kappa shape index (κ1) is 35.6. The summed E-state index contributed by atoms with van der Waals surface area (Å²) in [6.45, 7) is 3.37. The molecular formula is C35H34ClN7O4S2. The largest absolute Gasteiger partial charge is 0.490 e. The number of carbonyl (C=O) groups is 2. The highest BCUT2D eigenvalue weighted by atomic mass is 35.5. The molecule has 2 aromatic heterocycles. The minimum Gasteiger partial charge on any atom is -0.490 e. The van der Waals surface area contributed by atoms with E-state index < -0.39 is 12.0 Å². The van der Waals surface area contributed by atoms with Gasteiger partial charge in [0.2, 0.25) is 5.91 Å². The zero-order chi connectivity index (χ0) is 34.8. The second-order valence-corrected chi connectivity index (χ2v) is 13.3. The quantitative estimate of drug-likeness (QED) is 0.0901. The van der Waals surface area contributed by atoms with Crippen molar-refractivity contribution in [3.63, 3.8) is 0 Å². The van der Waals surface area contributed by atoms with Crippen molar-refractivity contribution in [1.82, 2.24) is 15.3 Å². The highest BCUT2D eigenvalue weighted by Crippen LogP contribution is 2.40. The van der Waals surface area contributed by atoms with E-state index >= 15 is 0 Å². The second kappa shape index (κ2) is 17.1. The lowest BCUT2D eigenvalue weighted by Crippen LogP contribution is -2.40. The van der Waals surface area contributed by atoms with E-state index in [4.69, 9.17) is 36.8 Å². The zero-order valence-electron chi connectivity index (χ0n) is 26.8. The van der Waals surface area contributed by atoms with Crippen LogP contribution in [0.2, 0.25) is 5.02 Å². The highest BCUT2D eigenvalue weighted by Gasteiger charge is 2.26. The molecule has 3 heterocycles. The Bertz CT molecular complexity index is 1860. The molecule has 0 aliphatic carbocycles. The summed E-state index contributed by atoms with van der Waals surface area (Å²) in [7, 11) is 0.